The van der Waals surface area contributed by atoms with E-state index < -0.39 is 17.3 Å². The number of nitrogens with zero attached hydrogens (tertiary/aromatic N) is 1. The SMILES string of the molecule is COC(=O)C1=C(N)N(c2cccc(Br)c2)C2=C(C(=O)CCC2)C12C(=O)Nc1ccccc12. The fourth-order valence-electron chi connectivity index (χ4n) is 5.07. The van der Waals surface area contributed by atoms with Crippen LogP contribution in [0.1, 0.15) is 24.8 Å². The van der Waals surface area contributed by atoms with Gasteiger partial charge in [-0.3, -0.25) is 14.5 Å². The number of amides is 1. The molecule has 0 fully saturated rings. The number of nitrogens with two attached hydrogens (primary N) is 1. The third-order valence-corrected chi connectivity index (χ3v) is 6.77. The van der Waals surface area contributed by atoms with Crippen molar-refractivity contribution in [2.24, 2.45) is 5.73 Å². The van der Waals surface area contributed by atoms with E-state index >= 15 is 0 Å². The van der Waals surface area contributed by atoms with E-state index in [2.05, 4.69) is 21.2 Å². The van der Waals surface area contributed by atoms with Crippen LogP contribution in [0.25, 0.3) is 0 Å². The molecule has 32 heavy (non-hydrogen) atoms. The first-order valence-corrected chi connectivity index (χ1v) is 11.0. The van der Waals surface area contributed by atoms with Crippen LogP contribution in [-0.4, -0.2) is 24.8 Å². The van der Waals surface area contributed by atoms with Gasteiger partial charge in [0.1, 0.15) is 16.8 Å². The number of benzene rings is 2. The molecule has 0 aromatic heterocycles. The zero-order valence-electron chi connectivity index (χ0n) is 17.3. The Morgan fingerprint density at radius 1 is 1.16 bits per heavy atom. The number of ketones is 1. The summed E-state index contributed by atoms with van der Waals surface area (Å²) in [6, 6.07) is 14.5. The third-order valence-electron chi connectivity index (χ3n) is 6.28. The Morgan fingerprint density at radius 2 is 1.94 bits per heavy atom. The van der Waals surface area contributed by atoms with Gasteiger partial charge in [-0.25, -0.2) is 4.79 Å². The minimum absolute atomic E-state index is 0.0450. The summed E-state index contributed by atoms with van der Waals surface area (Å²) >= 11 is 3.47. The molecule has 0 saturated heterocycles. The summed E-state index contributed by atoms with van der Waals surface area (Å²) in [6.45, 7) is 0. The van der Waals surface area contributed by atoms with Gasteiger partial charge in [-0.05, 0) is 37.1 Å². The van der Waals surface area contributed by atoms with Crippen LogP contribution < -0.4 is 16.0 Å². The molecule has 1 aliphatic carbocycles. The average Bonchev–Trinajstić information content (AvgIpc) is 3.06. The number of carbonyl (C=O) groups excluding carboxylic acids is 3. The summed E-state index contributed by atoms with van der Waals surface area (Å²) in [5.41, 5.74) is 7.67. The number of halogens is 1. The second-order valence-corrected chi connectivity index (χ2v) is 8.83. The molecule has 1 spiro atoms. The van der Waals surface area contributed by atoms with Gasteiger partial charge in [0, 0.05) is 39.1 Å². The Kier molecular flexibility index (Phi) is 4.70. The number of Topliss-reactive ketones (excluding diaryl/α,β-unsaturated/α-hetero) is 1. The fourth-order valence-corrected chi connectivity index (χ4v) is 5.46. The van der Waals surface area contributed by atoms with Gasteiger partial charge in [-0.15, -0.1) is 0 Å². The molecule has 162 valence electrons. The Hall–Kier alpha value is -3.39. The minimum atomic E-state index is -1.65. The lowest BCUT2D eigenvalue weighted by Gasteiger charge is -2.44. The van der Waals surface area contributed by atoms with E-state index in [0.29, 0.717) is 41.1 Å². The van der Waals surface area contributed by atoms with Gasteiger partial charge in [0.2, 0.25) is 5.91 Å². The number of allylic oxidation sites excluding steroid dienone is 1. The number of rotatable bonds is 2. The molecule has 3 aliphatic rings. The first-order chi connectivity index (χ1) is 15.4. The molecule has 5 rings (SSSR count). The molecule has 7 nitrogen and oxygen atoms in total. The summed E-state index contributed by atoms with van der Waals surface area (Å²) in [4.78, 5) is 42.0. The van der Waals surface area contributed by atoms with Crippen LogP contribution in [0.5, 0.6) is 0 Å². The van der Waals surface area contributed by atoms with Crippen LogP contribution in [0.3, 0.4) is 0 Å². The van der Waals surface area contributed by atoms with Gasteiger partial charge < -0.3 is 15.8 Å². The van der Waals surface area contributed by atoms with Crippen molar-refractivity contribution in [3.05, 3.63) is 81.2 Å². The first kappa shape index (κ1) is 20.5. The van der Waals surface area contributed by atoms with Gasteiger partial charge in [0.25, 0.3) is 0 Å². The highest BCUT2D eigenvalue weighted by Gasteiger charge is 2.61. The maximum atomic E-state index is 13.7. The summed E-state index contributed by atoms with van der Waals surface area (Å²) in [7, 11) is 1.24. The van der Waals surface area contributed by atoms with Gasteiger partial charge >= 0.3 is 5.97 Å². The normalized spacial score (nSPS) is 22.1. The molecule has 0 radical (unpaired) electrons. The van der Waals surface area contributed by atoms with Crippen LogP contribution in [-0.2, 0) is 24.5 Å². The number of methoxy groups -OCH3 is 1. The minimum Gasteiger partial charge on any atom is -0.466 e. The van der Waals surface area contributed by atoms with Crippen LogP contribution in [0.4, 0.5) is 11.4 Å². The molecule has 1 atom stereocenters. The largest absolute Gasteiger partial charge is 0.466 e. The molecule has 1 unspecified atom stereocenters. The molecule has 0 saturated carbocycles. The van der Waals surface area contributed by atoms with Crippen LogP contribution >= 0.6 is 15.9 Å². The number of hydrogen-bond donors (Lipinski definition) is 2. The molecule has 2 aromatic rings. The molecular weight excluding hydrogens is 474 g/mol. The van der Waals surface area contributed by atoms with Gasteiger partial charge in [-0.2, -0.15) is 0 Å². The van der Waals surface area contributed by atoms with E-state index in [-0.39, 0.29) is 23.6 Å². The third kappa shape index (κ3) is 2.62. The number of hydrogen-bond acceptors (Lipinski definition) is 6. The quantitative estimate of drug-likeness (QED) is 0.620. The van der Waals surface area contributed by atoms with E-state index in [1.807, 2.05) is 24.3 Å². The lowest BCUT2D eigenvalue weighted by Crippen LogP contribution is -2.53. The standard InChI is InChI=1S/C24H20BrN3O4/c1-32-22(30)20-21(26)28(14-7-4-6-13(25)12-14)17-10-5-11-18(29)19(17)24(20)15-8-2-3-9-16(15)27-23(24)31/h2-4,6-9,12H,5,10-11,26H2,1H3,(H,27,31). The summed E-state index contributed by atoms with van der Waals surface area (Å²) in [5, 5.41) is 2.86. The maximum absolute atomic E-state index is 13.7. The Morgan fingerprint density at radius 3 is 2.69 bits per heavy atom. The average molecular weight is 494 g/mol. The summed E-state index contributed by atoms with van der Waals surface area (Å²) in [6.07, 6.45) is 1.46. The number of esters is 1. The Balaban J connectivity index is 1.91. The zero-order valence-corrected chi connectivity index (χ0v) is 18.9. The fraction of sp³-hybridized carbons (Fsp3) is 0.208. The molecule has 8 heteroatoms. The van der Waals surface area contributed by atoms with E-state index in [1.165, 1.54) is 7.11 Å². The molecule has 0 bridgehead atoms. The lowest BCUT2D eigenvalue weighted by atomic mass is 9.63. The first-order valence-electron chi connectivity index (χ1n) is 10.2. The predicted octanol–water partition coefficient (Wildman–Crippen LogP) is 3.51. The second-order valence-electron chi connectivity index (χ2n) is 7.92. The van der Waals surface area contributed by atoms with Crippen molar-refractivity contribution in [3.63, 3.8) is 0 Å². The highest BCUT2D eigenvalue weighted by atomic mass is 79.9. The molecule has 1 amide bonds. The van der Waals surface area contributed by atoms with Crippen molar-refractivity contribution in [2.75, 3.05) is 17.3 Å². The number of anilines is 2. The monoisotopic (exact) mass is 493 g/mol. The van der Waals surface area contributed by atoms with Crippen molar-refractivity contribution in [1.29, 1.82) is 0 Å². The predicted molar refractivity (Wildman–Crippen MR) is 122 cm³/mol. The van der Waals surface area contributed by atoms with Gasteiger partial charge in [0.15, 0.2) is 5.78 Å². The van der Waals surface area contributed by atoms with Crippen molar-refractivity contribution in [1.82, 2.24) is 0 Å². The lowest BCUT2D eigenvalue weighted by molar-refractivity contribution is -0.138. The number of carbonyl (C=O) groups is 3. The molecule has 3 N–H and O–H groups in total. The molecular formula is C24H20BrN3O4. The van der Waals surface area contributed by atoms with E-state index in [0.717, 1.165) is 4.47 Å². The van der Waals surface area contributed by atoms with Crippen molar-refractivity contribution < 1.29 is 19.1 Å². The van der Waals surface area contributed by atoms with Crippen molar-refractivity contribution in [2.45, 2.75) is 24.7 Å². The molecule has 2 heterocycles. The van der Waals surface area contributed by atoms with Gasteiger partial charge in [-0.1, -0.05) is 40.2 Å². The van der Waals surface area contributed by atoms with Gasteiger partial charge in [0.05, 0.1) is 7.11 Å². The smallest absolute Gasteiger partial charge is 0.339 e. The molecule has 2 aliphatic heterocycles. The maximum Gasteiger partial charge on any atom is 0.339 e. The highest BCUT2D eigenvalue weighted by Crippen LogP contribution is 2.55. The van der Waals surface area contributed by atoms with E-state index in [9.17, 15) is 14.4 Å². The summed E-state index contributed by atoms with van der Waals surface area (Å²) < 4.78 is 5.92. The number of ether oxygens (including phenoxy) is 1. The summed E-state index contributed by atoms with van der Waals surface area (Å²) in [5.74, 6) is -1.32. The second kappa shape index (κ2) is 7.34. The zero-order chi connectivity index (χ0) is 22.6. The van der Waals surface area contributed by atoms with Crippen LogP contribution in [0.2, 0.25) is 0 Å². The van der Waals surface area contributed by atoms with Crippen LogP contribution in [0, 0.1) is 0 Å². The van der Waals surface area contributed by atoms with E-state index in [4.69, 9.17) is 10.5 Å². The topological polar surface area (TPSA) is 102 Å². The van der Waals surface area contributed by atoms with Crippen LogP contribution in [0.15, 0.2) is 75.7 Å². The number of nitrogens with one attached hydrogen (secondary N) is 1. The van der Waals surface area contributed by atoms with Crippen molar-refractivity contribution in [3.8, 4) is 0 Å². The van der Waals surface area contributed by atoms with Crippen molar-refractivity contribution >= 4 is 45.0 Å². The molecule has 2 aromatic carbocycles. The number of fused-ring (bicyclic) bond motifs is 3. The highest BCUT2D eigenvalue weighted by molar-refractivity contribution is 9.10. The Bertz CT molecular complexity index is 1270. The Labute approximate surface area is 193 Å². The number of para-hydroxylation sites is 1. The van der Waals surface area contributed by atoms with E-state index in [1.54, 1.807) is 29.2 Å².